The lowest BCUT2D eigenvalue weighted by molar-refractivity contribution is -0.130. The van der Waals surface area contributed by atoms with Crippen LogP contribution in [0.2, 0.25) is 0 Å². The fourth-order valence-corrected chi connectivity index (χ4v) is 3.64. The molecule has 3 aromatic rings. The maximum atomic E-state index is 11.9. The second-order valence-electron chi connectivity index (χ2n) is 8.81. The predicted octanol–water partition coefficient (Wildman–Crippen LogP) is 4.82. The SMILES string of the molecule is CC(C)Nc1nc(-c2cc(OC(C)(C)C)c3ccc(OCC(=O)N(C)C)cc3n2)cs1. The van der Waals surface area contributed by atoms with E-state index < -0.39 is 0 Å². The van der Waals surface area contributed by atoms with Crippen LogP contribution in [0.15, 0.2) is 29.6 Å². The van der Waals surface area contributed by atoms with Crippen molar-refractivity contribution in [1.29, 1.82) is 0 Å². The van der Waals surface area contributed by atoms with E-state index in [0.29, 0.717) is 11.8 Å². The Balaban J connectivity index is 2.01. The van der Waals surface area contributed by atoms with E-state index in [2.05, 4.69) is 24.1 Å². The average Bonchev–Trinajstić information content (AvgIpc) is 3.12. The van der Waals surface area contributed by atoms with Crippen molar-refractivity contribution in [3.8, 4) is 22.9 Å². The van der Waals surface area contributed by atoms with Crippen LogP contribution in [0, 0.1) is 0 Å². The first-order valence-electron chi connectivity index (χ1n) is 10.2. The van der Waals surface area contributed by atoms with Crippen molar-refractivity contribution in [2.24, 2.45) is 0 Å². The number of nitrogens with zero attached hydrogens (tertiary/aromatic N) is 3. The quantitative estimate of drug-likeness (QED) is 0.565. The summed E-state index contributed by atoms with van der Waals surface area (Å²) >= 11 is 1.54. The van der Waals surface area contributed by atoms with E-state index in [1.807, 2.05) is 50.4 Å². The van der Waals surface area contributed by atoms with Crippen LogP contribution in [0.25, 0.3) is 22.3 Å². The molecule has 1 aromatic carbocycles. The van der Waals surface area contributed by atoms with Gasteiger partial charge in [-0.3, -0.25) is 4.79 Å². The molecule has 3 rings (SSSR count). The zero-order valence-corrected chi connectivity index (χ0v) is 20.0. The summed E-state index contributed by atoms with van der Waals surface area (Å²) in [4.78, 5) is 22.8. The summed E-state index contributed by atoms with van der Waals surface area (Å²) in [7, 11) is 3.40. The van der Waals surface area contributed by atoms with Gasteiger partial charge in [-0.25, -0.2) is 9.97 Å². The van der Waals surface area contributed by atoms with Crippen LogP contribution in [0.1, 0.15) is 34.6 Å². The second kappa shape index (κ2) is 9.09. The van der Waals surface area contributed by atoms with Gasteiger partial charge in [0, 0.05) is 43.0 Å². The molecule has 31 heavy (non-hydrogen) atoms. The van der Waals surface area contributed by atoms with E-state index in [1.54, 1.807) is 25.4 Å². The van der Waals surface area contributed by atoms with Gasteiger partial charge >= 0.3 is 0 Å². The third-order valence-corrected chi connectivity index (χ3v) is 4.97. The number of ether oxygens (including phenoxy) is 2. The van der Waals surface area contributed by atoms with Gasteiger partial charge in [0.2, 0.25) is 0 Å². The van der Waals surface area contributed by atoms with Crippen molar-refractivity contribution >= 4 is 33.3 Å². The molecule has 0 unspecified atom stereocenters. The van der Waals surface area contributed by atoms with Gasteiger partial charge in [-0.2, -0.15) is 0 Å². The molecule has 0 atom stereocenters. The van der Waals surface area contributed by atoms with Crippen molar-refractivity contribution in [3.05, 3.63) is 29.6 Å². The van der Waals surface area contributed by atoms with Crippen LogP contribution < -0.4 is 14.8 Å². The van der Waals surface area contributed by atoms with Crippen LogP contribution in [-0.4, -0.2) is 53.1 Å². The first-order chi connectivity index (χ1) is 14.5. The lowest BCUT2D eigenvalue weighted by Gasteiger charge is -2.23. The number of fused-ring (bicyclic) bond motifs is 1. The van der Waals surface area contributed by atoms with E-state index in [-0.39, 0.29) is 18.1 Å². The molecule has 8 heteroatoms. The third-order valence-electron chi connectivity index (χ3n) is 4.20. The number of nitrogens with one attached hydrogen (secondary N) is 1. The van der Waals surface area contributed by atoms with Crippen LogP contribution in [0.3, 0.4) is 0 Å². The number of likely N-dealkylation sites (N-methyl/N-ethyl adjacent to an activating group) is 1. The number of amides is 1. The smallest absolute Gasteiger partial charge is 0.259 e. The highest BCUT2D eigenvalue weighted by atomic mass is 32.1. The highest BCUT2D eigenvalue weighted by Crippen LogP contribution is 2.35. The molecule has 0 fully saturated rings. The summed E-state index contributed by atoms with van der Waals surface area (Å²) in [5.74, 6) is 1.20. The lowest BCUT2D eigenvalue weighted by Crippen LogP contribution is -2.27. The topological polar surface area (TPSA) is 76.6 Å². The number of hydrogen-bond donors (Lipinski definition) is 1. The Labute approximate surface area is 187 Å². The van der Waals surface area contributed by atoms with Gasteiger partial charge in [0.25, 0.3) is 5.91 Å². The zero-order valence-electron chi connectivity index (χ0n) is 19.1. The monoisotopic (exact) mass is 442 g/mol. The minimum atomic E-state index is -0.370. The Kier molecular flexibility index (Phi) is 6.69. The van der Waals surface area contributed by atoms with Crippen molar-refractivity contribution in [2.45, 2.75) is 46.3 Å². The molecule has 0 spiro atoms. The van der Waals surface area contributed by atoms with Crippen molar-refractivity contribution in [2.75, 3.05) is 26.0 Å². The Morgan fingerprint density at radius 1 is 1.16 bits per heavy atom. The van der Waals surface area contributed by atoms with Gasteiger partial charge in [0.05, 0.1) is 11.2 Å². The summed E-state index contributed by atoms with van der Waals surface area (Å²) in [6.45, 7) is 10.2. The maximum absolute atomic E-state index is 11.9. The molecule has 0 saturated heterocycles. The molecule has 1 amide bonds. The van der Waals surface area contributed by atoms with E-state index in [1.165, 1.54) is 4.90 Å². The summed E-state index contributed by atoms with van der Waals surface area (Å²) in [5, 5.41) is 7.03. The van der Waals surface area contributed by atoms with E-state index in [4.69, 9.17) is 14.5 Å². The summed E-state index contributed by atoms with van der Waals surface area (Å²) < 4.78 is 11.9. The van der Waals surface area contributed by atoms with Gasteiger partial charge < -0.3 is 19.7 Å². The number of carbonyl (C=O) groups excluding carboxylic acids is 1. The van der Waals surface area contributed by atoms with E-state index in [9.17, 15) is 4.79 Å². The van der Waals surface area contributed by atoms with Crippen LogP contribution in [-0.2, 0) is 4.79 Å². The average molecular weight is 443 g/mol. The molecular formula is C23H30N4O3S. The Morgan fingerprint density at radius 2 is 1.90 bits per heavy atom. The minimum Gasteiger partial charge on any atom is -0.487 e. The number of anilines is 1. The number of hydrogen-bond acceptors (Lipinski definition) is 7. The maximum Gasteiger partial charge on any atom is 0.259 e. The molecule has 166 valence electrons. The highest BCUT2D eigenvalue weighted by molar-refractivity contribution is 7.14. The van der Waals surface area contributed by atoms with Crippen LogP contribution in [0.5, 0.6) is 11.5 Å². The molecule has 0 aliphatic carbocycles. The molecule has 0 bridgehead atoms. The summed E-state index contributed by atoms with van der Waals surface area (Å²) in [6.07, 6.45) is 0. The van der Waals surface area contributed by atoms with Gasteiger partial charge in [-0.05, 0) is 46.8 Å². The van der Waals surface area contributed by atoms with Gasteiger partial charge in [-0.1, -0.05) is 0 Å². The molecule has 7 nitrogen and oxygen atoms in total. The number of pyridine rings is 1. The summed E-state index contributed by atoms with van der Waals surface area (Å²) in [5.41, 5.74) is 1.85. The molecular weight excluding hydrogens is 412 g/mol. The van der Waals surface area contributed by atoms with E-state index >= 15 is 0 Å². The largest absolute Gasteiger partial charge is 0.487 e. The third kappa shape index (κ3) is 6.07. The number of aromatic nitrogens is 2. The van der Waals surface area contributed by atoms with Crippen LogP contribution in [0.4, 0.5) is 5.13 Å². The molecule has 0 radical (unpaired) electrons. The fraction of sp³-hybridized carbons (Fsp3) is 0.435. The number of thiazole rings is 1. The zero-order chi connectivity index (χ0) is 22.8. The number of rotatable bonds is 7. The van der Waals surface area contributed by atoms with Crippen LogP contribution >= 0.6 is 11.3 Å². The summed E-state index contributed by atoms with van der Waals surface area (Å²) in [6, 6.07) is 7.80. The van der Waals surface area contributed by atoms with Crippen molar-refractivity contribution in [3.63, 3.8) is 0 Å². The first-order valence-corrected chi connectivity index (χ1v) is 11.1. The van der Waals surface area contributed by atoms with Crippen molar-refractivity contribution < 1.29 is 14.3 Å². The number of benzene rings is 1. The second-order valence-corrected chi connectivity index (χ2v) is 9.67. The molecule has 0 aliphatic rings. The molecule has 2 aromatic heterocycles. The first kappa shape index (κ1) is 22.8. The predicted molar refractivity (Wildman–Crippen MR) is 126 cm³/mol. The van der Waals surface area contributed by atoms with Gasteiger partial charge in [0.15, 0.2) is 11.7 Å². The molecule has 2 heterocycles. The molecule has 0 aliphatic heterocycles. The number of carbonyl (C=O) groups is 1. The Morgan fingerprint density at radius 3 is 2.55 bits per heavy atom. The molecule has 1 N–H and O–H groups in total. The standard InChI is InChI=1S/C23H30N4O3S/c1-14(2)24-22-26-19(13-31-22)18-11-20(30-23(3,4)5)16-9-8-15(10-17(16)25-18)29-12-21(28)27(6)7/h8-11,13-14H,12H2,1-7H3,(H,24,26). The Bertz CT molecular complexity index is 1070. The van der Waals surface area contributed by atoms with Crippen molar-refractivity contribution in [1.82, 2.24) is 14.9 Å². The highest BCUT2D eigenvalue weighted by Gasteiger charge is 2.18. The minimum absolute atomic E-state index is 0.0279. The lowest BCUT2D eigenvalue weighted by atomic mass is 10.1. The van der Waals surface area contributed by atoms with E-state index in [0.717, 1.165) is 33.2 Å². The van der Waals surface area contributed by atoms with Gasteiger partial charge in [-0.15, -0.1) is 11.3 Å². The normalized spacial score (nSPS) is 11.6. The Hall–Kier alpha value is -2.87. The van der Waals surface area contributed by atoms with Gasteiger partial charge in [0.1, 0.15) is 22.8 Å². The molecule has 0 saturated carbocycles. The fourth-order valence-electron chi connectivity index (χ4n) is 2.79.